The number of rotatable bonds is 5. The third-order valence-electron chi connectivity index (χ3n) is 3.36. The molecular formula is C14H20BrNO4. The number of nitrogens with one attached hydrogen (secondary N) is 1. The van der Waals surface area contributed by atoms with E-state index in [9.17, 15) is 0 Å². The third kappa shape index (κ3) is 3.25. The fourth-order valence-electron chi connectivity index (χ4n) is 2.35. The number of halogens is 1. The minimum atomic E-state index is -0.0249. The molecule has 0 aliphatic carbocycles. The highest BCUT2D eigenvalue weighted by Crippen LogP contribution is 2.37. The normalized spacial score (nSPS) is 20.5. The molecule has 1 heterocycles. The summed E-state index contributed by atoms with van der Waals surface area (Å²) in [6.45, 7) is 1.85. The van der Waals surface area contributed by atoms with Gasteiger partial charge in [0.15, 0.2) is 11.5 Å². The van der Waals surface area contributed by atoms with Gasteiger partial charge in [0.1, 0.15) is 6.10 Å². The zero-order valence-corrected chi connectivity index (χ0v) is 13.5. The van der Waals surface area contributed by atoms with Crippen LogP contribution in [0.1, 0.15) is 11.6 Å². The van der Waals surface area contributed by atoms with Gasteiger partial charge in [-0.05, 0) is 24.7 Å². The smallest absolute Gasteiger partial charge is 0.161 e. The molecule has 2 unspecified atom stereocenters. The lowest BCUT2D eigenvalue weighted by Gasteiger charge is -2.31. The van der Waals surface area contributed by atoms with E-state index in [-0.39, 0.29) is 12.1 Å². The van der Waals surface area contributed by atoms with E-state index in [1.165, 1.54) is 0 Å². The monoisotopic (exact) mass is 345 g/mol. The fourth-order valence-corrected chi connectivity index (χ4v) is 2.92. The lowest BCUT2D eigenvalue weighted by molar-refractivity contribution is -0.101. The highest BCUT2D eigenvalue weighted by molar-refractivity contribution is 9.10. The van der Waals surface area contributed by atoms with Gasteiger partial charge in [0.2, 0.25) is 0 Å². The molecular weight excluding hydrogens is 326 g/mol. The maximum atomic E-state index is 5.79. The average Bonchev–Trinajstić information content (AvgIpc) is 2.50. The fraction of sp³-hybridized carbons (Fsp3) is 0.571. The van der Waals surface area contributed by atoms with E-state index in [1.54, 1.807) is 14.2 Å². The van der Waals surface area contributed by atoms with Gasteiger partial charge in [-0.3, -0.25) is 0 Å². The molecule has 2 atom stereocenters. The van der Waals surface area contributed by atoms with Gasteiger partial charge in [-0.1, -0.05) is 15.9 Å². The summed E-state index contributed by atoms with van der Waals surface area (Å²) in [5.74, 6) is 1.39. The Kier molecular flexibility index (Phi) is 5.65. The van der Waals surface area contributed by atoms with Crippen LogP contribution in [0, 0.1) is 0 Å². The van der Waals surface area contributed by atoms with Crippen LogP contribution in [-0.4, -0.2) is 47.2 Å². The van der Waals surface area contributed by atoms with Gasteiger partial charge < -0.3 is 24.3 Å². The Hall–Kier alpha value is -0.820. The number of hydrogen-bond donors (Lipinski definition) is 1. The van der Waals surface area contributed by atoms with Crippen molar-refractivity contribution < 1.29 is 18.9 Å². The zero-order valence-electron chi connectivity index (χ0n) is 11.9. The molecule has 0 saturated carbocycles. The number of ether oxygens (including phenoxy) is 4. The number of hydrogen-bond acceptors (Lipinski definition) is 5. The summed E-state index contributed by atoms with van der Waals surface area (Å²) in [6.07, 6.45) is -0.0249. The van der Waals surface area contributed by atoms with E-state index in [1.807, 2.05) is 19.2 Å². The molecule has 1 fully saturated rings. The molecule has 1 aromatic carbocycles. The van der Waals surface area contributed by atoms with Crippen LogP contribution in [0.3, 0.4) is 0 Å². The SMILES string of the molecule is CNC(c1cc(OC)c(OC)cc1Br)C1COCCO1. The van der Waals surface area contributed by atoms with Gasteiger partial charge in [-0.2, -0.15) is 0 Å². The summed E-state index contributed by atoms with van der Waals surface area (Å²) in [5, 5.41) is 3.29. The molecule has 5 nitrogen and oxygen atoms in total. The van der Waals surface area contributed by atoms with E-state index in [0.29, 0.717) is 31.3 Å². The highest BCUT2D eigenvalue weighted by Gasteiger charge is 2.28. The Balaban J connectivity index is 2.33. The van der Waals surface area contributed by atoms with Gasteiger partial charge in [0.05, 0.1) is 40.1 Å². The molecule has 1 saturated heterocycles. The Morgan fingerprint density at radius 1 is 1.25 bits per heavy atom. The van der Waals surface area contributed by atoms with Gasteiger partial charge in [-0.15, -0.1) is 0 Å². The van der Waals surface area contributed by atoms with Gasteiger partial charge in [0.25, 0.3) is 0 Å². The maximum absolute atomic E-state index is 5.79. The van der Waals surface area contributed by atoms with Crippen LogP contribution >= 0.6 is 15.9 Å². The molecule has 0 bridgehead atoms. The van der Waals surface area contributed by atoms with Crippen molar-refractivity contribution in [3.05, 3.63) is 22.2 Å². The van der Waals surface area contributed by atoms with Crippen LogP contribution in [-0.2, 0) is 9.47 Å². The number of methoxy groups -OCH3 is 2. The van der Waals surface area contributed by atoms with Crippen molar-refractivity contribution >= 4 is 15.9 Å². The summed E-state index contributed by atoms with van der Waals surface area (Å²) in [6, 6.07) is 3.88. The van der Waals surface area contributed by atoms with Crippen molar-refractivity contribution in [3.8, 4) is 11.5 Å². The van der Waals surface area contributed by atoms with E-state index in [4.69, 9.17) is 18.9 Å². The van der Waals surface area contributed by atoms with E-state index in [0.717, 1.165) is 10.0 Å². The molecule has 1 aliphatic rings. The van der Waals surface area contributed by atoms with Gasteiger partial charge in [-0.25, -0.2) is 0 Å². The first-order valence-electron chi connectivity index (χ1n) is 6.49. The minimum absolute atomic E-state index is 0.0180. The Bertz CT molecular complexity index is 449. The van der Waals surface area contributed by atoms with E-state index in [2.05, 4.69) is 21.2 Å². The van der Waals surface area contributed by atoms with Gasteiger partial charge >= 0.3 is 0 Å². The summed E-state index contributed by atoms with van der Waals surface area (Å²) in [7, 11) is 5.16. The summed E-state index contributed by atoms with van der Waals surface area (Å²) < 4.78 is 22.9. The molecule has 0 amide bonds. The van der Waals surface area contributed by atoms with Crippen molar-refractivity contribution in [3.63, 3.8) is 0 Å². The highest BCUT2D eigenvalue weighted by atomic mass is 79.9. The van der Waals surface area contributed by atoms with Crippen LogP contribution in [0.25, 0.3) is 0 Å². The molecule has 1 aromatic rings. The first kappa shape index (κ1) is 15.6. The van der Waals surface area contributed by atoms with Crippen LogP contribution in [0.2, 0.25) is 0 Å². The van der Waals surface area contributed by atoms with Crippen molar-refractivity contribution in [2.45, 2.75) is 12.1 Å². The largest absolute Gasteiger partial charge is 0.493 e. The minimum Gasteiger partial charge on any atom is -0.493 e. The molecule has 1 N–H and O–H groups in total. The molecule has 0 aromatic heterocycles. The third-order valence-corrected chi connectivity index (χ3v) is 4.05. The van der Waals surface area contributed by atoms with Gasteiger partial charge in [0, 0.05) is 4.47 Å². The molecule has 0 radical (unpaired) electrons. The Morgan fingerprint density at radius 2 is 1.95 bits per heavy atom. The first-order valence-corrected chi connectivity index (χ1v) is 7.28. The van der Waals surface area contributed by atoms with E-state index >= 15 is 0 Å². The van der Waals surface area contributed by atoms with Crippen molar-refractivity contribution in [2.75, 3.05) is 41.1 Å². The molecule has 112 valence electrons. The maximum Gasteiger partial charge on any atom is 0.161 e. The molecule has 6 heteroatoms. The van der Waals surface area contributed by atoms with Crippen molar-refractivity contribution in [1.29, 1.82) is 0 Å². The predicted octanol–water partition coefficient (Wildman–Crippen LogP) is 2.14. The van der Waals surface area contributed by atoms with Crippen LogP contribution in [0.4, 0.5) is 0 Å². The predicted molar refractivity (Wildman–Crippen MR) is 79.6 cm³/mol. The summed E-state index contributed by atoms with van der Waals surface area (Å²) in [4.78, 5) is 0. The zero-order chi connectivity index (χ0) is 14.5. The quantitative estimate of drug-likeness (QED) is 0.885. The molecule has 20 heavy (non-hydrogen) atoms. The number of likely N-dealkylation sites (N-methyl/N-ethyl adjacent to an activating group) is 1. The standard InChI is InChI=1S/C14H20BrNO4/c1-16-14(13-8-19-4-5-20-13)9-6-11(17-2)12(18-3)7-10(9)15/h6-7,13-14,16H,4-5,8H2,1-3H3. The van der Waals surface area contributed by atoms with Crippen LogP contribution in [0.15, 0.2) is 16.6 Å². The lowest BCUT2D eigenvalue weighted by atomic mass is 10.0. The molecule has 0 spiro atoms. The second-order valence-corrected chi connectivity index (χ2v) is 5.33. The second-order valence-electron chi connectivity index (χ2n) is 4.48. The lowest BCUT2D eigenvalue weighted by Crippen LogP contribution is -2.39. The first-order chi connectivity index (χ1) is 9.71. The molecule has 2 rings (SSSR count). The Morgan fingerprint density at radius 3 is 2.50 bits per heavy atom. The Labute approximate surface area is 127 Å². The number of benzene rings is 1. The van der Waals surface area contributed by atoms with Crippen LogP contribution in [0.5, 0.6) is 11.5 Å². The van der Waals surface area contributed by atoms with Crippen molar-refractivity contribution in [2.24, 2.45) is 0 Å². The van der Waals surface area contributed by atoms with Crippen molar-refractivity contribution in [1.82, 2.24) is 5.32 Å². The van der Waals surface area contributed by atoms with E-state index < -0.39 is 0 Å². The molecule has 1 aliphatic heterocycles. The van der Waals surface area contributed by atoms with Crippen LogP contribution < -0.4 is 14.8 Å². The topological polar surface area (TPSA) is 49.0 Å². The summed E-state index contributed by atoms with van der Waals surface area (Å²) >= 11 is 3.59. The summed E-state index contributed by atoms with van der Waals surface area (Å²) in [5.41, 5.74) is 1.06. The second kappa shape index (κ2) is 7.26. The average molecular weight is 346 g/mol.